The highest BCUT2D eigenvalue weighted by atomic mass is 16.4. The first-order valence-electron chi connectivity index (χ1n) is 6.10. The minimum Gasteiger partial charge on any atom is -0.479 e. The van der Waals surface area contributed by atoms with Gasteiger partial charge in [-0.1, -0.05) is 32.9 Å². The molecule has 4 heteroatoms. The van der Waals surface area contributed by atoms with Gasteiger partial charge in [0.25, 0.3) is 0 Å². The van der Waals surface area contributed by atoms with Gasteiger partial charge in [-0.25, -0.2) is 4.79 Å². The first-order valence-corrected chi connectivity index (χ1v) is 6.10. The van der Waals surface area contributed by atoms with Crippen LogP contribution in [0.15, 0.2) is 30.6 Å². The maximum absolute atomic E-state index is 10.8. The van der Waals surface area contributed by atoms with E-state index in [1.165, 1.54) is 0 Å². The summed E-state index contributed by atoms with van der Waals surface area (Å²) in [5, 5.41) is 20.3. The third-order valence-corrected chi connectivity index (χ3v) is 3.14. The van der Waals surface area contributed by atoms with Gasteiger partial charge < -0.3 is 10.2 Å². The molecule has 0 aliphatic carbocycles. The molecule has 0 amide bonds. The molecular weight excluding hydrogens is 242 g/mol. The monoisotopic (exact) mass is 259 g/mol. The highest BCUT2D eigenvalue weighted by molar-refractivity contribution is 5.87. The summed E-state index contributed by atoms with van der Waals surface area (Å²) in [5.74, 6) is -1.25. The van der Waals surface area contributed by atoms with Gasteiger partial charge in [-0.05, 0) is 28.0 Å². The first-order chi connectivity index (χ1) is 8.80. The van der Waals surface area contributed by atoms with Gasteiger partial charge in [0.2, 0.25) is 0 Å². The number of nitrogens with zero attached hydrogens (tertiary/aromatic N) is 1. The van der Waals surface area contributed by atoms with Crippen LogP contribution in [0.1, 0.15) is 38.0 Å². The van der Waals surface area contributed by atoms with E-state index in [1.54, 1.807) is 18.3 Å². The summed E-state index contributed by atoms with van der Waals surface area (Å²) in [6, 6.07) is 5.17. The van der Waals surface area contributed by atoms with Crippen LogP contribution in [-0.2, 0) is 10.2 Å². The number of carbonyl (C=O) groups is 1. The molecular formula is C15H17NO3. The van der Waals surface area contributed by atoms with Crippen molar-refractivity contribution in [3.63, 3.8) is 0 Å². The fourth-order valence-electron chi connectivity index (χ4n) is 2.11. The number of aromatic nitrogens is 1. The van der Waals surface area contributed by atoms with Gasteiger partial charge in [0.15, 0.2) is 6.10 Å². The zero-order valence-electron chi connectivity index (χ0n) is 11.2. The number of carboxylic acids is 1. The molecule has 2 N–H and O–H groups in total. The molecule has 0 aliphatic rings. The van der Waals surface area contributed by atoms with E-state index in [-0.39, 0.29) is 5.41 Å². The van der Waals surface area contributed by atoms with Gasteiger partial charge >= 0.3 is 5.97 Å². The van der Waals surface area contributed by atoms with Crippen molar-refractivity contribution in [3.8, 4) is 0 Å². The Hall–Kier alpha value is -1.94. The maximum Gasteiger partial charge on any atom is 0.337 e. The van der Waals surface area contributed by atoms with Gasteiger partial charge in [-0.3, -0.25) is 4.98 Å². The number of rotatable bonds is 2. The van der Waals surface area contributed by atoms with Crippen molar-refractivity contribution < 1.29 is 15.0 Å². The van der Waals surface area contributed by atoms with E-state index in [2.05, 4.69) is 25.8 Å². The van der Waals surface area contributed by atoms with Gasteiger partial charge in [0.1, 0.15) is 0 Å². The second-order valence-corrected chi connectivity index (χ2v) is 5.66. The van der Waals surface area contributed by atoms with E-state index < -0.39 is 12.1 Å². The largest absolute Gasteiger partial charge is 0.479 e. The van der Waals surface area contributed by atoms with Crippen LogP contribution in [0, 0.1) is 0 Å². The van der Waals surface area contributed by atoms with Crippen LogP contribution in [0.25, 0.3) is 10.8 Å². The number of fused-ring (bicyclic) bond motifs is 1. The molecule has 0 radical (unpaired) electrons. The molecule has 19 heavy (non-hydrogen) atoms. The van der Waals surface area contributed by atoms with Crippen molar-refractivity contribution in [2.45, 2.75) is 32.3 Å². The van der Waals surface area contributed by atoms with Crippen LogP contribution in [0.4, 0.5) is 0 Å². The van der Waals surface area contributed by atoms with Gasteiger partial charge in [-0.15, -0.1) is 0 Å². The molecule has 1 aromatic carbocycles. The highest BCUT2D eigenvalue weighted by Gasteiger charge is 2.19. The van der Waals surface area contributed by atoms with Crippen molar-refractivity contribution in [2.75, 3.05) is 0 Å². The summed E-state index contributed by atoms with van der Waals surface area (Å²) >= 11 is 0. The van der Waals surface area contributed by atoms with Crippen molar-refractivity contribution >= 4 is 16.7 Å². The molecule has 4 nitrogen and oxygen atoms in total. The first kappa shape index (κ1) is 13.5. The zero-order valence-corrected chi connectivity index (χ0v) is 11.2. The van der Waals surface area contributed by atoms with E-state index in [1.807, 2.05) is 12.3 Å². The van der Waals surface area contributed by atoms with Crippen LogP contribution in [0.3, 0.4) is 0 Å². The van der Waals surface area contributed by atoms with E-state index in [0.717, 1.165) is 16.3 Å². The van der Waals surface area contributed by atoms with Crippen molar-refractivity contribution in [3.05, 3.63) is 41.7 Å². The third-order valence-electron chi connectivity index (χ3n) is 3.14. The Kier molecular flexibility index (Phi) is 3.28. The lowest BCUT2D eigenvalue weighted by molar-refractivity contribution is -0.146. The average Bonchev–Trinajstić information content (AvgIpc) is 2.35. The molecule has 1 aromatic heterocycles. The highest BCUT2D eigenvalue weighted by Crippen LogP contribution is 2.30. The predicted molar refractivity (Wildman–Crippen MR) is 73.0 cm³/mol. The molecule has 1 atom stereocenters. The summed E-state index contributed by atoms with van der Waals surface area (Å²) in [4.78, 5) is 15.0. The molecule has 1 unspecified atom stereocenters. The Labute approximate surface area is 111 Å². The summed E-state index contributed by atoms with van der Waals surface area (Å²) in [6.07, 6.45) is 2.01. The van der Waals surface area contributed by atoms with E-state index in [0.29, 0.717) is 5.56 Å². The Morgan fingerprint density at radius 2 is 1.95 bits per heavy atom. The number of aliphatic carboxylic acids is 1. The normalized spacial score (nSPS) is 13.5. The molecule has 2 aromatic rings. The van der Waals surface area contributed by atoms with Crippen LogP contribution >= 0.6 is 0 Å². The van der Waals surface area contributed by atoms with Crippen LogP contribution in [0.2, 0.25) is 0 Å². The molecule has 2 rings (SSSR count). The van der Waals surface area contributed by atoms with E-state index in [4.69, 9.17) is 5.11 Å². The van der Waals surface area contributed by atoms with E-state index in [9.17, 15) is 9.90 Å². The summed E-state index contributed by atoms with van der Waals surface area (Å²) in [6.45, 7) is 6.30. The molecule has 0 spiro atoms. The number of aliphatic hydroxyl groups is 1. The fourth-order valence-corrected chi connectivity index (χ4v) is 2.11. The number of pyridine rings is 1. The minimum absolute atomic E-state index is 0.0422. The quantitative estimate of drug-likeness (QED) is 0.869. The molecule has 0 saturated carbocycles. The lowest BCUT2D eigenvalue weighted by Crippen LogP contribution is -2.13. The summed E-state index contributed by atoms with van der Waals surface area (Å²) in [7, 11) is 0. The lowest BCUT2D eigenvalue weighted by atomic mass is 9.85. The van der Waals surface area contributed by atoms with Crippen LogP contribution in [0.5, 0.6) is 0 Å². The summed E-state index contributed by atoms with van der Waals surface area (Å²) in [5.41, 5.74) is 1.42. The number of benzene rings is 1. The summed E-state index contributed by atoms with van der Waals surface area (Å²) < 4.78 is 0. The predicted octanol–water partition coefficient (Wildman–Crippen LogP) is 2.65. The van der Waals surface area contributed by atoms with Crippen LogP contribution < -0.4 is 0 Å². The van der Waals surface area contributed by atoms with Crippen LogP contribution in [-0.4, -0.2) is 21.2 Å². The fraction of sp³-hybridized carbons (Fsp3) is 0.333. The molecule has 0 bridgehead atoms. The van der Waals surface area contributed by atoms with Crippen molar-refractivity contribution in [1.29, 1.82) is 0 Å². The Bertz CT molecular complexity index is 629. The lowest BCUT2D eigenvalue weighted by Gasteiger charge is -2.21. The van der Waals surface area contributed by atoms with Gasteiger partial charge in [0.05, 0.1) is 0 Å². The number of hydrogen-bond donors (Lipinski definition) is 2. The topological polar surface area (TPSA) is 70.4 Å². The minimum atomic E-state index is -1.50. The molecule has 100 valence electrons. The zero-order chi connectivity index (χ0) is 14.2. The van der Waals surface area contributed by atoms with Crippen molar-refractivity contribution in [2.24, 2.45) is 0 Å². The second-order valence-electron chi connectivity index (χ2n) is 5.66. The van der Waals surface area contributed by atoms with Crippen molar-refractivity contribution in [1.82, 2.24) is 4.98 Å². The van der Waals surface area contributed by atoms with E-state index >= 15 is 0 Å². The maximum atomic E-state index is 10.8. The molecule has 0 fully saturated rings. The molecule has 0 saturated heterocycles. The number of aliphatic hydroxyl groups excluding tert-OH is 1. The third kappa shape index (κ3) is 2.58. The van der Waals surface area contributed by atoms with Gasteiger partial charge in [0, 0.05) is 17.8 Å². The van der Waals surface area contributed by atoms with Gasteiger partial charge in [-0.2, -0.15) is 0 Å². The molecule has 1 heterocycles. The SMILES string of the molecule is CC(C)(C)c1cncc2cc(C(O)C(=O)O)ccc12. The Balaban J connectivity index is 2.61. The number of carboxylic acid groups (broad SMARTS) is 1. The standard InChI is InChI=1S/C15H17NO3/c1-15(2,3)12-8-16-7-10-6-9(4-5-11(10)12)13(17)14(18)19/h4-8,13,17H,1-3H3,(H,18,19). The smallest absolute Gasteiger partial charge is 0.337 e. The molecule has 0 aliphatic heterocycles. The average molecular weight is 259 g/mol. The second kappa shape index (κ2) is 4.63. The number of hydrogen-bond acceptors (Lipinski definition) is 3. The Morgan fingerprint density at radius 1 is 1.26 bits per heavy atom. The Morgan fingerprint density at radius 3 is 2.53 bits per heavy atom.